The number of hydrogen-bond donors (Lipinski definition) is 2. The van der Waals surface area contributed by atoms with E-state index in [1.807, 2.05) is 11.8 Å². The molecule has 0 spiro atoms. The first-order valence-corrected chi connectivity index (χ1v) is 6.68. The Balaban J connectivity index is 1.81. The normalized spacial score (nSPS) is 30.8. The van der Waals surface area contributed by atoms with Crippen molar-refractivity contribution in [3.05, 3.63) is 11.6 Å². The van der Waals surface area contributed by atoms with Crippen LogP contribution in [0.5, 0.6) is 0 Å². The molecule has 2 aliphatic heterocycles. The van der Waals surface area contributed by atoms with Crippen LogP contribution in [0.25, 0.3) is 0 Å². The van der Waals surface area contributed by atoms with Crippen LogP contribution in [0.3, 0.4) is 0 Å². The van der Waals surface area contributed by atoms with Gasteiger partial charge in [0, 0.05) is 24.5 Å². The van der Waals surface area contributed by atoms with Crippen molar-refractivity contribution in [3.63, 3.8) is 0 Å². The lowest BCUT2D eigenvalue weighted by atomic mass is 9.98. The standard InChI is InChI=1S/C12H19N5O/c1-2-10-14-11(16-15-10)12(18)17-8-3-4-9(17)6-7(13)5-8/h7-9H,2-6,13H2,1H3,(H,14,15,16). The zero-order valence-electron chi connectivity index (χ0n) is 10.6. The minimum Gasteiger partial charge on any atom is -0.330 e. The van der Waals surface area contributed by atoms with Gasteiger partial charge in [-0.25, -0.2) is 4.98 Å². The van der Waals surface area contributed by atoms with Gasteiger partial charge in [0.05, 0.1) is 0 Å². The van der Waals surface area contributed by atoms with Crippen molar-refractivity contribution >= 4 is 5.91 Å². The number of fused-ring (bicyclic) bond motifs is 2. The first-order valence-electron chi connectivity index (χ1n) is 6.68. The number of carbonyl (C=O) groups is 1. The van der Waals surface area contributed by atoms with E-state index in [9.17, 15) is 4.79 Å². The molecule has 98 valence electrons. The number of aromatic amines is 1. The maximum atomic E-state index is 12.4. The van der Waals surface area contributed by atoms with Crippen LogP contribution in [0.15, 0.2) is 0 Å². The van der Waals surface area contributed by atoms with Gasteiger partial charge in [-0.05, 0) is 25.7 Å². The Labute approximate surface area is 106 Å². The van der Waals surface area contributed by atoms with Crippen LogP contribution in [0, 0.1) is 0 Å². The molecule has 6 heteroatoms. The summed E-state index contributed by atoms with van der Waals surface area (Å²) in [6.07, 6.45) is 4.71. The zero-order valence-corrected chi connectivity index (χ0v) is 10.6. The second-order valence-electron chi connectivity index (χ2n) is 5.29. The molecule has 3 N–H and O–H groups in total. The third-order valence-electron chi connectivity index (χ3n) is 4.06. The van der Waals surface area contributed by atoms with Crippen molar-refractivity contribution < 1.29 is 4.79 Å². The van der Waals surface area contributed by atoms with Crippen LogP contribution in [-0.2, 0) is 6.42 Å². The number of H-pyrrole nitrogens is 1. The molecule has 2 bridgehead atoms. The maximum absolute atomic E-state index is 12.4. The molecule has 1 aromatic rings. The number of aromatic nitrogens is 3. The van der Waals surface area contributed by atoms with Crippen molar-refractivity contribution in [3.8, 4) is 0 Å². The monoisotopic (exact) mass is 249 g/mol. The molecule has 1 aromatic heterocycles. The zero-order chi connectivity index (χ0) is 12.7. The molecule has 2 saturated heterocycles. The molecular formula is C12H19N5O. The predicted molar refractivity (Wildman–Crippen MR) is 65.9 cm³/mol. The summed E-state index contributed by atoms with van der Waals surface area (Å²) in [5.74, 6) is 1.03. The Hall–Kier alpha value is -1.43. The fraction of sp³-hybridized carbons (Fsp3) is 0.750. The average Bonchev–Trinajstić information content (AvgIpc) is 2.92. The summed E-state index contributed by atoms with van der Waals surface area (Å²) in [4.78, 5) is 18.6. The molecule has 0 radical (unpaired) electrons. The summed E-state index contributed by atoms with van der Waals surface area (Å²) >= 11 is 0. The second kappa shape index (κ2) is 4.35. The second-order valence-corrected chi connectivity index (χ2v) is 5.29. The number of rotatable bonds is 2. The summed E-state index contributed by atoms with van der Waals surface area (Å²) in [5, 5.41) is 6.82. The Kier molecular flexibility index (Phi) is 2.81. The van der Waals surface area contributed by atoms with E-state index in [1.54, 1.807) is 0 Å². The van der Waals surface area contributed by atoms with Gasteiger partial charge in [-0.1, -0.05) is 6.92 Å². The van der Waals surface area contributed by atoms with Crippen LogP contribution in [0.2, 0.25) is 0 Å². The largest absolute Gasteiger partial charge is 0.330 e. The number of hydrogen-bond acceptors (Lipinski definition) is 4. The highest BCUT2D eigenvalue weighted by Gasteiger charge is 2.43. The van der Waals surface area contributed by atoms with E-state index in [2.05, 4.69) is 15.2 Å². The molecule has 0 saturated carbocycles. The summed E-state index contributed by atoms with van der Waals surface area (Å²) in [6, 6.07) is 0.814. The van der Waals surface area contributed by atoms with Gasteiger partial charge in [0.15, 0.2) is 0 Å². The highest BCUT2D eigenvalue weighted by molar-refractivity contribution is 5.91. The van der Waals surface area contributed by atoms with Gasteiger partial charge in [0.25, 0.3) is 5.91 Å². The lowest BCUT2D eigenvalue weighted by molar-refractivity contribution is 0.0563. The van der Waals surface area contributed by atoms with E-state index < -0.39 is 0 Å². The van der Waals surface area contributed by atoms with Crippen molar-refractivity contribution in [2.75, 3.05) is 0 Å². The molecule has 0 aromatic carbocycles. The summed E-state index contributed by atoms with van der Waals surface area (Å²) in [5.41, 5.74) is 6.01. The van der Waals surface area contributed by atoms with E-state index in [-0.39, 0.29) is 24.0 Å². The molecule has 3 rings (SSSR count). The van der Waals surface area contributed by atoms with E-state index in [1.165, 1.54) is 0 Å². The topological polar surface area (TPSA) is 87.9 Å². The molecule has 1 amide bonds. The van der Waals surface area contributed by atoms with E-state index in [0.29, 0.717) is 5.82 Å². The van der Waals surface area contributed by atoms with Gasteiger partial charge in [0.2, 0.25) is 5.82 Å². The summed E-state index contributed by atoms with van der Waals surface area (Å²) < 4.78 is 0. The molecule has 6 nitrogen and oxygen atoms in total. The highest BCUT2D eigenvalue weighted by Crippen LogP contribution is 2.35. The Morgan fingerprint density at radius 3 is 2.67 bits per heavy atom. The van der Waals surface area contributed by atoms with Crippen molar-refractivity contribution in [2.45, 2.75) is 57.2 Å². The molecule has 0 aliphatic carbocycles. The number of nitrogens with two attached hydrogens (primary N) is 1. The number of carbonyl (C=O) groups excluding carboxylic acids is 1. The van der Waals surface area contributed by atoms with E-state index in [0.717, 1.165) is 37.9 Å². The number of piperidine rings is 1. The van der Waals surface area contributed by atoms with Crippen LogP contribution >= 0.6 is 0 Å². The molecule has 2 fully saturated rings. The fourth-order valence-electron chi connectivity index (χ4n) is 3.22. The van der Waals surface area contributed by atoms with Gasteiger partial charge in [-0.3, -0.25) is 9.89 Å². The fourth-order valence-corrected chi connectivity index (χ4v) is 3.22. The number of nitrogens with one attached hydrogen (secondary N) is 1. The van der Waals surface area contributed by atoms with E-state index >= 15 is 0 Å². The Morgan fingerprint density at radius 2 is 2.11 bits per heavy atom. The smallest absolute Gasteiger partial charge is 0.294 e. The Morgan fingerprint density at radius 1 is 1.44 bits per heavy atom. The molecule has 2 unspecified atom stereocenters. The third kappa shape index (κ3) is 1.80. The van der Waals surface area contributed by atoms with Crippen molar-refractivity contribution in [1.82, 2.24) is 20.1 Å². The third-order valence-corrected chi connectivity index (χ3v) is 4.06. The number of aryl methyl sites for hydroxylation is 1. The summed E-state index contributed by atoms with van der Waals surface area (Å²) in [7, 11) is 0. The van der Waals surface area contributed by atoms with E-state index in [4.69, 9.17) is 5.73 Å². The first-order chi connectivity index (χ1) is 8.69. The minimum atomic E-state index is -0.0367. The van der Waals surface area contributed by atoms with Gasteiger partial charge in [-0.15, -0.1) is 5.10 Å². The van der Waals surface area contributed by atoms with Crippen LogP contribution in [0.1, 0.15) is 49.1 Å². The minimum absolute atomic E-state index is 0.0367. The van der Waals surface area contributed by atoms with Gasteiger partial charge < -0.3 is 10.6 Å². The number of nitrogens with zero attached hydrogens (tertiary/aromatic N) is 3. The molecule has 3 heterocycles. The summed E-state index contributed by atoms with van der Waals surface area (Å²) in [6.45, 7) is 1.98. The van der Waals surface area contributed by atoms with Gasteiger partial charge in [-0.2, -0.15) is 0 Å². The van der Waals surface area contributed by atoms with Crippen LogP contribution in [0.4, 0.5) is 0 Å². The SMILES string of the molecule is CCc1nc(C(=O)N2C3CCC2CC(N)C3)n[nH]1. The maximum Gasteiger partial charge on any atom is 0.294 e. The average molecular weight is 249 g/mol. The quantitative estimate of drug-likeness (QED) is 0.797. The van der Waals surface area contributed by atoms with Crippen molar-refractivity contribution in [1.29, 1.82) is 0 Å². The van der Waals surface area contributed by atoms with Crippen LogP contribution in [-0.4, -0.2) is 44.1 Å². The molecular weight excluding hydrogens is 230 g/mol. The first kappa shape index (κ1) is 11.6. The predicted octanol–water partition coefficient (Wildman–Crippen LogP) is 0.461. The van der Waals surface area contributed by atoms with Gasteiger partial charge in [0.1, 0.15) is 5.82 Å². The van der Waals surface area contributed by atoms with Crippen molar-refractivity contribution in [2.24, 2.45) is 5.73 Å². The molecule has 18 heavy (non-hydrogen) atoms. The Bertz CT molecular complexity index is 443. The lowest BCUT2D eigenvalue weighted by Crippen LogP contribution is -2.50. The highest BCUT2D eigenvalue weighted by atomic mass is 16.2. The number of amides is 1. The van der Waals surface area contributed by atoms with Crippen LogP contribution < -0.4 is 5.73 Å². The lowest BCUT2D eigenvalue weighted by Gasteiger charge is -2.36. The molecule has 2 atom stereocenters. The van der Waals surface area contributed by atoms with Gasteiger partial charge >= 0.3 is 0 Å². The molecule has 2 aliphatic rings.